The second-order valence-corrected chi connectivity index (χ2v) is 3.79. The average molecular weight is 208 g/mol. The van der Waals surface area contributed by atoms with Gasteiger partial charge in [0.15, 0.2) is 0 Å². The molecule has 0 heterocycles. The van der Waals surface area contributed by atoms with Gasteiger partial charge in [0.2, 0.25) is 0 Å². The Balaban J connectivity index is 2.72. The standard InChI is InChI=1S/C13H20O2/c1-3-4-9-13(14)12-8-6-5-7-11(12)10-15-2/h5-8,13-14H,3-4,9-10H2,1-2H3/t13-/m1/s1. The minimum Gasteiger partial charge on any atom is -0.388 e. The van der Waals surface area contributed by atoms with Crippen molar-refractivity contribution in [1.82, 2.24) is 0 Å². The van der Waals surface area contributed by atoms with Crippen molar-refractivity contribution in [2.75, 3.05) is 7.11 Å². The lowest BCUT2D eigenvalue weighted by Gasteiger charge is -2.14. The van der Waals surface area contributed by atoms with Crippen LogP contribution in [0.3, 0.4) is 0 Å². The Hall–Kier alpha value is -0.860. The van der Waals surface area contributed by atoms with Crippen LogP contribution in [0, 0.1) is 0 Å². The predicted molar refractivity (Wildman–Crippen MR) is 61.6 cm³/mol. The number of benzene rings is 1. The molecule has 1 N–H and O–H groups in total. The molecular weight excluding hydrogens is 188 g/mol. The van der Waals surface area contributed by atoms with Crippen molar-refractivity contribution in [3.63, 3.8) is 0 Å². The summed E-state index contributed by atoms with van der Waals surface area (Å²) in [6.45, 7) is 2.70. The highest BCUT2D eigenvalue weighted by Crippen LogP contribution is 2.23. The molecule has 0 spiro atoms. The highest BCUT2D eigenvalue weighted by atomic mass is 16.5. The van der Waals surface area contributed by atoms with Gasteiger partial charge >= 0.3 is 0 Å². The molecule has 1 aromatic carbocycles. The van der Waals surface area contributed by atoms with Crippen LogP contribution in [-0.4, -0.2) is 12.2 Å². The molecule has 84 valence electrons. The van der Waals surface area contributed by atoms with Crippen LogP contribution in [0.4, 0.5) is 0 Å². The summed E-state index contributed by atoms with van der Waals surface area (Å²) < 4.78 is 5.11. The minimum atomic E-state index is -0.351. The molecule has 0 aliphatic rings. The van der Waals surface area contributed by atoms with Crippen molar-refractivity contribution < 1.29 is 9.84 Å². The van der Waals surface area contributed by atoms with E-state index in [1.165, 1.54) is 0 Å². The molecule has 1 rings (SSSR count). The zero-order chi connectivity index (χ0) is 11.1. The third-order valence-electron chi connectivity index (χ3n) is 2.55. The first-order valence-electron chi connectivity index (χ1n) is 5.54. The van der Waals surface area contributed by atoms with Crippen molar-refractivity contribution in [2.24, 2.45) is 0 Å². The summed E-state index contributed by atoms with van der Waals surface area (Å²) in [6, 6.07) is 7.93. The highest BCUT2D eigenvalue weighted by Gasteiger charge is 2.10. The molecule has 0 fully saturated rings. The van der Waals surface area contributed by atoms with Gasteiger partial charge in [0, 0.05) is 7.11 Å². The summed E-state index contributed by atoms with van der Waals surface area (Å²) in [7, 11) is 1.68. The number of aliphatic hydroxyl groups is 1. The van der Waals surface area contributed by atoms with Crippen molar-refractivity contribution in [1.29, 1.82) is 0 Å². The van der Waals surface area contributed by atoms with E-state index in [1.807, 2.05) is 24.3 Å². The maximum absolute atomic E-state index is 10.0. The third-order valence-corrected chi connectivity index (χ3v) is 2.55. The van der Waals surface area contributed by atoms with E-state index in [1.54, 1.807) is 7.11 Å². The minimum absolute atomic E-state index is 0.351. The summed E-state index contributed by atoms with van der Waals surface area (Å²) in [4.78, 5) is 0. The Morgan fingerprint density at radius 3 is 2.73 bits per heavy atom. The molecule has 0 unspecified atom stereocenters. The van der Waals surface area contributed by atoms with Gasteiger partial charge in [0.1, 0.15) is 0 Å². The summed E-state index contributed by atoms with van der Waals surface area (Å²) in [5.41, 5.74) is 2.09. The second-order valence-electron chi connectivity index (χ2n) is 3.79. The van der Waals surface area contributed by atoms with Crippen LogP contribution in [-0.2, 0) is 11.3 Å². The van der Waals surface area contributed by atoms with Crippen LogP contribution in [0.1, 0.15) is 43.4 Å². The Labute approximate surface area is 91.9 Å². The van der Waals surface area contributed by atoms with Crippen molar-refractivity contribution in [2.45, 2.75) is 38.9 Å². The summed E-state index contributed by atoms with van der Waals surface area (Å²) in [5, 5.41) is 10.0. The predicted octanol–water partition coefficient (Wildman–Crippen LogP) is 3.06. The van der Waals surface area contributed by atoms with E-state index in [2.05, 4.69) is 6.92 Å². The number of ether oxygens (including phenoxy) is 1. The summed E-state index contributed by atoms with van der Waals surface area (Å²) >= 11 is 0. The van der Waals surface area contributed by atoms with Crippen LogP contribution >= 0.6 is 0 Å². The Bertz CT molecular complexity index is 284. The fourth-order valence-corrected chi connectivity index (χ4v) is 1.70. The largest absolute Gasteiger partial charge is 0.388 e. The number of hydrogen-bond donors (Lipinski definition) is 1. The summed E-state index contributed by atoms with van der Waals surface area (Å²) in [5.74, 6) is 0. The van der Waals surface area contributed by atoms with Gasteiger partial charge in [-0.15, -0.1) is 0 Å². The molecule has 15 heavy (non-hydrogen) atoms. The molecule has 1 atom stereocenters. The topological polar surface area (TPSA) is 29.5 Å². The molecular formula is C13H20O2. The van der Waals surface area contributed by atoms with E-state index in [0.29, 0.717) is 6.61 Å². The van der Waals surface area contributed by atoms with E-state index in [0.717, 1.165) is 30.4 Å². The molecule has 0 aliphatic carbocycles. The van der Waals surface area contributed by atoms with Crippen LogP contribution in [0.5, 0.6) is 0 Å². The molecule has 0 saturated carbocycles. The normalized spacial score (nSPS) is 12.7. The smallest absolute Gasteiger partial charge is 0.0793 e. The maximum atomic E-state index is 10.0. The Morgan fingerprint density at radius 1 is 1.33 bits per heavy atom. The SMILES string of the molecule is CCCC[C@@H](O)c1ccccc1COC. The van der Waals surface area contributed by atoms with E-state index < -0.39 is 0 Å². The molecule has 0 aliphatic heterocycles. The molecule has 0 saturated heterocycles. The lowest BCUT2D eigenvalue weighted by molar-refractivity contribution is 0.152. The van der Waals surface area contributed by atoms with Gasteiger partial charge in [0.05, 0.1) is 12.7 Å². The van der Waals surface area contributed by atoms with E-state index in [9.17, 15) is 5.11 Å². The first-order chi connectivity index (χ1) is 7.29. The molecule has 0 radical (unpaired) electrons. The number of hydrogen-bond acceptors (Lipinski definition) is 2. The van der Waals surface area contributed by atoms with Gasteiger partial charge in [-0.05, 0) is 17.5 Å². The monoisotopic (exact) mass is 208 g/mol. The van der Waals surface area contributed by atoms with E-state index >= 15 is 0 Å². The van der Waals surface area contributed by atoms with Gasteiger partial charge in [-0.1, -0.05) is 44.0 Å². The fraction of sp³-hybridized carbons (Fsp3) is 0.538. The molecule has 0 amide bonds. The first-order valence-corrected chi connectivity index (χ1v) is 5.54. The number of rotatable bonds is 6. The molecule has 2 nitrogen and oxygen atoms in total. The van der Waals surface area contributed by atoms with E-state index in [4.69, 9.17) is 4.74 Å². The fourth-order valence-electron chi connectivity index (χ4n) is 1.70. The number of aliphatic hydroxyl groups excluding tert-OH is 1. The van der Waals surface area contributed by atoms with E-state index in [-0.39, 0.29) is 6.10 Å². The average Bonchev–Trinajstić information content (AvgIpc) is 2.27. The Morgan fingerprint density at radius 2 is 2.07 bits per heavy atom. The first kappa shape index (κ1) is 12.2. The van der Waals surface area contributed by atoms with Gasteiger partial charge in [-0.2, -0.15) is 0 Å². The van der Waals surface area contributed by atoms with Gasteiger partial charge in [-0.25, -0.2) is 0 Å². The quantitative estimate of drug-likeness (QED) is 0.778. The van der Waals surface area contributed by atoms with Crippen molar-refractivity contribution >= 4 is 0 Å². The lowest BCUT2D eigenvalue weighted by atomic mass is 9.99. The Kier molecular flexibility index (Phi) is 5.37. The van der Waals surface area contributed by atoms with Gasteiger partial charge in [0.25, 0.3) is 0 Å². The maximum Gasteiger partial charge on any atom is 0.0793 e. The zero-order valence-corrected chi connectivity index (χ0v) is 9.57. The zero-order valence-electron chi connectivity index (χ0n) is 9.57. The number of methoxy groups -OCH3 is 1. The lowest BCUT2D eigenvalue weighted by Crippen LogP contribution is -2.02. The molecule has 0 bridgehead atoms. The van der Waals surface area contributed by atoms with Crippen molar-refractivity contribution in [3.05, 3.63) is 35.4 Å². The number of unbranched alkanes of at least 4 members (excludes halogenated alkanes) is 1. The van der Waals surface area contributed by atoms with Crippen LogP contribution in [0.2, 0.25) is 0 Å². The van der Waals surface area contributed by atoms with Crippen LogP contribution < -0.4 is 0 Å². The van der Waals surface area contributed by atoms with Gasteiger partial charge in [-0.3, -0.25) is 0 Å². The second kappa shape index (κ2) is 6.59. The van der Waals surface area contributed by atoms with Crippen molar-refractivity contribution in [3.8, 4) is 0 Å². The summed E-state index contributed by atoms with van der Waals surface area (Å²) in [6.07, 6.45) is 2.65. The highest BCUT2D eigenvalue weighted by molar-refractivity contribution is 5.28. The van der Waals surface area contributed by atoms with Crippen LogP contribution in [0.15, 0.2) is 24.3 Å². The third kappa shape index (κ3) is 3.65. The van der Waals surface area contributed by atoms with Crippen LogP contribution in [0.25, 0.3) is 0 Å². The molecule has 0 aromatic heterocycles. The van der Waals surface area contributed by atoms with Gasteiger partial charge < -0.3 is 9.84 Å². The molecule has 1 aromatic rings. The molecule has 2 heteroatoms.